The van der Waals surface area contributed by atoms with Crippen molar-refractivity contribution in [3.05, 3.63) is 23.9 Å². The van der Waals surface area contributed by atoms with Crippen LogP contribution in [0.25, 0.3) is 0 Å². The Morgan fingerprint density at radius 3 is 2.89 bits per heavy atom. The van der Waals surface area contributed by atoms with E-state index in [1.807, 2.05) is 18.0 Å². The van der Waals surface area contributed by atoms with Crippen LogP contribution in [0.4, 0.5) is 5.82 Å². The van der Waals surface area contributed by atoms with E-state index in [1.165, 1.54) is 25.7 Å². The SMILES string of the molecule is CNc1ncccc1C(=O)N(C)CC1CCCC1. The first-order valence-corrected chi connectivity index (χ1v) is 6.60. The number of carbonyl (C=O) groups is 1. The predicted molar refractivity (Wildman–Crippen MR) is 72.7 cm³/mol. The van der Waals surface area contributed by atoms with Gasteiger partial charge < -0.3 is 10.2 Å². The summed E-state index contributed by atoms with van der Waals surface area (Å²) in [6, 6.07) is 3.63. The Kier molecular flexibility index (Phi) is 4.18. The molecule has 0 saturated heterocycles. The summed E-state index contributed by atoms with van der Waals surface area (Å²) < 4.78 is 0. The number of rotatable bonds is 4. The first kappa shape index (κ1) is 12.9. The molecule has 98 valence electrons. The Hall–Kier alpha value is -1.58. The number of nitrogens with one attached hydrogen (secondary N) is 1. The summed E-state index contributed by atoms with van der Waals surface area (Å²) in [6.07, 6.45) is 6.81. The van der Waals surface area contributed by atoms with Crippen LogP contribution in [0.15, 0.2) is 18.3 Å². The molecule has 1 fully saturated rings. The highest BCUT2D eigenvalue weighted by Crippen LogP contribution is 2.25. The fourth-order valence-corrected chi connectivity index (χ4v) is 2.65. The van der Waals surface area contributed by atoms with Gasteiger partial charge in [-0.2, -0.15) is 0 Å². The van der Waals surface area contributed by atoms with Gasteiger partial charge in [-0.05, 0) is 30.9 Å². The van der Waals surface area contributed by atoms with Crippen LogP contribution in [0, 0.1) is 5.92 Å². The van der Waals surface area contributed by atoms with Gasteiger partial charge in [0.1, 0.15) is 5.82 Å². The van der Waals surface area contributed by atoms with E-state index >= 15 is 0 Å². The predicted octanol–water partition coefficient (Wildman–Crippen LogP) is 2.39. The summed E-state index contributed by atoms with van der Waals surface area (Å²) in [6.45, 7) is 0.858. The standard InChI is InChI=1S/C14H21N3O/c1-15-13-12(8-5-9-16-13)14(18)17(2)10-11-6-3-4-7-11/h5,8-9,11H,3-4,6-7,10H2,1-2H3,(H,15,16). The summed E-state index contributed by atoms with van der Waals surface area (Å²) in [5.74, 6) is 1.38. The Morgan fingerprint density at radius 1 is 1.50 bits per heavy atom. The molecule has 4 nitrogen and oxygen atoms in total. The van der Waals surface area contributed by atoms with Crippen molar-refractivity contribution in [2.45, 2.75) is 25.7 Å². The highest BCUT2D eigenvalue weighted by molar-refractivity contribution is 5.98. The molecule has 0 unspecified atom stereocenters. The van der Waals surface area contributed by atoms with Gasteiger partial charge in [-0.3, -0.25) is 4.79 Å². The third kappa shape index (κ3) is 2.81. The molecule has 4 heteroatoms. The molecule has 0 radical (unpaired) electrons. The Morgan fingerprint density at radius 2 is 2.22 bits per heavy atom. The molecule has 1 heterocycles. The highest BCUT2D eigenvalue weighted by Gasteiger charge is 2.21. The van der Waals surface area contributed by atoms with Gasteiger partial charge in [-0.25, -0.2) is 4.98 Å². The summed E-state index contributed by atoms with van der Waals surface area (Å²) in [5, 5.41) is 2.97. The zero-order valence-corrected chi connectivity index (χ0v) is 11.1. The van der Waals surface area contributed by atoms with Crippen molar-refractivity contribution in [2.75, 3.05) is 26.0 Å². The number of aromatic nitrogens is 1. The normalized spacial score (nSPS) is 15.7. The van der Waals surface area contributed by atoms with Gasteiger partial charge in [0.2, 0.25) is 0 Å². The summed E-state index contributed by atoms with van der Waals surface area (Å²) in [5.41, 5.74) is 0.653. The van der Waals surface area contributed by atoms with E-state index in [9.17, 15) is 4.79 Å². The van der Waals surface area contributed by atoms with Crippen LogP contribution in [-0.2, 0) is 0 Å². The largest absolute Gasteiger partial charge is 0.372 e. The van der Waals surface area contributed by atoms with Crippen LogP contribution in [0.5, 0.6) is 0 Å². The lowest BCUT2D eigenvalue weighted by Gasteiger charge is -2.21. The summed E-state index contributed by atoms with van der Waals surface area (Å²) in [7, 11) is 3.67. The second-order valence-corrected chi connectivity index (χ2v) is 4.99. The van der Waals surface area contributed by atoms with Gasteiger partial charge in [0.25, 0.3) is 5.91 Å². The van der Waals surface area contributed by atoms with E-state index in [-0.39, 0.29) is 5.91 Å². The molecule has 0 atom stereocenters. The molecule has 0 aromatic carbocycles. The van der Waals surface area contributed by atoms with Crippen LogP contribution < -0.4 is 5.32 Å². The first-order chi connectivity index (χ1) is 8.72. The third-order valence-electron chi connectivity index (χ3n) is 3.63. The topological polar surface area (TPSA) is 45.2 Å². The molecule has 1 aromatic heterocycles. The van der Waals surface area contributed by atoms with Crippen LogP contribution in [0.2, 0.25) is 0 Å². The van der Waals surface area contributed by atoms with Crippen LogP contribution >= 0.6 is 0 Å². The Bertz CT molecular complexity index is 413. The van der Waals surface area contributed by atoms with E-state index < -0.39 is 0 Å². The minimum Gasteiger partial charge on any atom is -0.372 e. The minimum atomic E-state index is 0.0550. The molecule has 1 saturated carbocycles. The maximum absolute atomic E-state index is 12.4. The number of nitrogens with zero attached hydrogens (tertiary/aromatic N) is 2. The van der Waals surface area contributed by atoms with Gasteiger partial charge >= 0.3 is 0 Å². The van der Waals surface area contributed by atoms with Gasteiger partial charge in [0.05, 0.1) is 5.56 Å². The average molecular weight is 247 g/mol. The van der Waals surface area contributed by atoms with Crippen molar-refractivity contribution in [3.63, 3.8) is 0 Å². The molecule has 18 heavy (non-hydrogen) atoms. The number of carbonyl (C=O) groups excluding carboxylic acids is 1. The first-order valence-electron chi connectivity index (χ1n) is 6.60. The van der Waals surface area contributed by atoms with Gasteiger partial charge in [-0.15, -0.1) is 0 Å². The monoisotopic (exact) mass is 247 g/mol. The summed E-state index contributed by atoms with van der Waals surface area (Å²) >= 11 is 0. The van der Waals surface area contributed by atoms with Crippen molar-refractivity contribution < 1.29 is 4.79 Å². The zero-order valence-electron chi connectivity index (χ0n) is 11.1. The lowest BCUT2D eigenvalue weighted by atomic mass is 10.1. The van der Waals surface area contributed by atoms with E-state index in [1.54, 1.807) is 19.3 Å². The average Bonchev–Trinajstić information content (AvgIpc) is 2.90. The van der Waals surface area contributed by atoms with Crippen molar-refractivity contribution >= 4 is 11.7 Å². The molecule has 1 N–H and O–H groups in total. The van der Waals surface area contributed by atoms with Crippen molar-refractivity contribution in [3.8, 4) is 0 Å². The molecule has 1 aliphatic carbocycles. The quantitative estimate of drug-likeness (QED) is 0.888. The lowest BCUT2D eigenvalue weighted by molar-refractivity contribution is 0.0774. The molecule has 2 rings (SSSR count). The minimum absolute atomic E-state index is 0.0550. The van der Waals surface area contributed by atoms with Crippen LogP contribution in [-0.4, -0.2) is 36.4 Å². The molecule has 0 aliphatic heterocycles. The van der Waals surface area contributed by atoms with E-state index in [0.29, 0.717) is 17.3 Å². The second kappa shape index (κ2) is 5.85. The number of pyridine rings is 1. The number of amides is 1. The molecular weight excluding hydrogens is 226 g/mol. The number of hydrogen-bond donors (Lipinski definition) is 1. The van der Waals surface area contributed by atoms with Gasteiger partial charge in [-0.1, -0.05) is 12.8 Å². The van der Waals surface area contributed by atoms with E-state index in [0.717, 1.165) is 6.54 Å². The van der Waals surface area contributed by atoms with Crippen LogP contribution in [0.1, 0.15) is 36.0 Å². The second-order valence-electron chi connectivity index (χ2n) is 4.99. The van der Waals surface area contributed by atoms with Crippen LogP contribution in [0.3, 0.4) is 0 Å². The fraction of sp³-hybridized carbons (Fsp3) is 0.571. The zero-order chi connectivity index (χ0) is 13.0. The maximum atomic E-state index is 12.4. The molecule has 1 aromatic rings. The Balaban J connectivity index is 2.05. The third-order valence-corrected chi connectivity index (χ3v) is 3.63. The molecule has 1 aliphatic rings. The number of hydrogen-bond acceptors (Lipinski definition) is 3. The lowest BCUT2D eigenvalue weighted by Crippen LogP contribution is -2.31. The maximum Gasteiger partial charge on any atom is 0.257 e. The van der Waals surface area contributed by atoms with E-state index in [4.69, 9.17) is 0 Å². The molecule has 1 amide bonds. The van der Waals surface area contributed by atoms with Gasteiger partial charge in [0.15, 0.2) is 0 Å². The summed E-state index contributed by atoms with van der Waals surface area (Å²) in [4.78, 5) is 18.4. The molecule has 0 spiro atoms. The fourth-order valence-electron chi connectivity index (χ4n) is 2.65. The molecule has 0 bridgehead atoms. The Labute approximate surface area is 108 Å². The smallest absolute Gasteiger partial charge is 0.257 e. The molecular formula is C14H21N3O. The van der Waals surface area contributed by atoms with Crippen molar-refractivity contribution in [2.24, 2.45) is 5.92 Å². The highest BCUT2D eigenvalue weighted by atomic mass is 16.2. The number of anilines is 1. The van der Waals surface area contributed by atoms with Crippen molar-refractivity contribution in [1.29, 1.82) is 0 Å². The van der Waals surface area contributed by atoms with Crippen molar-refractivity contribution in [1.82, 2.24) is 9.88 Å². The van der Waals surface area contributed by atoms with E-state index in [2.05, 4.69) is 10.3 Å². The van der Waals surface area contributed by atoms with Gasteiger partial charge in [0, 0.05) is 26.8 Å².